The number of hydrogen-bond donors (Lipinski definition) is 1. The summed E-state index contributed by atoms with van der Waals surface area (Å²) < 4.78 is 2.17. The summed E-state index contributed by atoms with van der Waals surface area (Å²) in [6.45, 7) is 9.06. The van der Waals surface area contributed by atoms with Crippen molar-refractivity contribution in [3.63, 3.8) is 0 Å². The lowest BCUT2D eigenvalue weighted by Crippen LogP contribution is -2.23. The number of nitrogens with two attached hydrogens (primary N) is 1. The van der Waals surface area contributed by atoms with Crippen LogP contribution >= 0.6 is 31.9 Å². The largest absolute Gasteiger partial charge is 0.324 e. The molecule has 17 heavy (non-hydrogen) atoms. The standard InChI is InChI=1S/C14H21Br2N/c1-9(14(2,3)4)7-13(17)11-8-10(15)5-6-12(11)16/h5-6,8-9,13H,7,17H2,1-4H3. The van der Waals surface area contributed by atoms with Gasteiger partial charge in [0.1, 0.15) is 0 Å². The number of rotatable bonds is 3. The molecular formula is C14H21Br2N. The Morgan fingerprint density at radius 1 is 1.24 bits per heavy atom. The minimum absolute atomic E-state index is 0.0797. The molecule has 0 spiro atoms. The van der Waals surface area contributed by atoms with E-state index in [1.807, 2.05) is 12.1 Å². The molecule has 0 aliphatic rings. The zero-order valence-electron chi connectivity index (χ0n) is 10.9. The van der Waals surface area contributed by atoms with Crippen molar-refractivity contribution in [3.05, 3.63) is 32.7 Å². The van der Waals surface area contributed by atoms with Crippen LogP contribution in [0.1, 0.15) is 45.7 Å². The second kappa shape index (κ2) is 5.85. The quantitative estimate of drug-likeness (QED) is 0.777. The molecule has 96 valence electrons. The van der Waals surface area contributed by atoms with Gasteiger partial charge in [-0.05, 0) is 41.5 Å². The van der Waals surface area contributed by atoms with Gasteiger partial charge in [-0.2, -0.15) is 0 Å². The number of halogens is 2. The normalized spacial score (nSPS) is 15.7. The highest BCUT2D eigenvalue weighted by Crippen LogP contribution is 2.35. The second-order valence-corrected chi connectivity index (χ2v) is 7.55. The van der Waals surface area contributed by atoms with Crippen LogP contribution in [0.25, 0.3) is 0 Å². The van der Waals surface area contributed by atoms with Gasteiger partial charge in [-0.15, -0.1) is 0 Å². The molecule has 2 atom stereocenters. The van der Waals surface area contributed by atoms with Gasteiger partial charge in [0.05, 0.1) is 0 Å². The van der Waals surface area contributed by atoms with Crippen molar-refractivity contribution in [2.75, 3.05) is 0 Å². The third kappa shape index (κ3) is 4.38. The lowest BCUT2D eigenvalue weighted by Gasteiger charge is -2.30. The smallest absolute Gasteiger partial charge is 0.0309 e. The van der Waals surface area contributed by atoms with Gasteiger partial charge < -0.3 is 5.73 Å². The maximum Gasteiger partial charge on any atom is 0.0309 e. The molecular weight excluding hydrogens is 342 g/mol. The van der Waals surface area contributed by atoms with Crippen LogP contribution in [0.15, 0.2) is 27.1 Å². The average Bonchev–Trinajstić information content (AvgIpc) is 2.20. The van der Waals surface area contributed by atoms with Crippen molar-refractivity contribution in [2.24, 2.45) is 17.1 Å². The summed E-state index contributed by atoms with van der Waals surface area (Å²) in [7, 11) is 0. The molecule has 0 aliphatic heterocycles. The molecule has 0 radical (unpaired) electrons. The van der Waals surface area contributed by atoms with Crippen LogP contribution in [0.3, 0.4) is 0 Å². The Bertz CT molecular complexity index is 382. The van der Waals surface area contributed by atoms with Crippen LogP contribution in [0.5, 0.6) is 0 Å². The molecule has 0 saturated carbocycles. The summed E-state index contributed by atoms with van der Waals surface area (Å²) in [4.78, 5) is 0. The third-order valence-electron chi connectivity index (χ3n) is 3.44. The van der Waals surface area contributed by atoms with Gasteiger partial charge in [0.2, 0.25) is 0 Å². The first kappa shape index (κ1) is 15.2. The first-order valence-corrected chi connectivity index (χ1v) is 7.51. The highest BCUT2D eigenvalue weighted by Gasteiger charge is 2.23. The van der Waals surface area contributed by atoms with Gasteiger partial charge in [0, 0.05) is 15.0 Å². The van der Waals surface area contributed by atoms with E-state index in [2.05, 4.69) is 65.6 Å². The third-order valence-corrected chi connectivity index (χ3v) is 4.66. The molecule has 0 fully saturated rings. The summed E-state index contributed by atoms with van der Waals surface area (Å²) >= 11 is 7.06. The molecule has 0 amide bonds. The highest BCUT2D eigenvalue weighted by atomic mass is 79.9. The van der Waals surface area contributed by atoms with E-state index in [1.54, 1.807) is 0 Å². The maximum atomic E-state index is 6.31. The zero-order chi connectivity index (χ0) is 13.2. The van der Waals surface area contributed by atoms with Crippen molar-refractivity contribution < 1.29 is 0 Å². The summed E-state index contributed by atoms with van der Waals surface area (Å²) in [5.74, 6) is 0.586. The Labute approximate surface area is 121 Å². The molecule has 0 saturated heterocycles. The van der Waals surface area contributed by atoms with Crippen LogP contribution in [0, 0.1) is 11.3 Å². The Kier molecular flexibility index (Phi) is 5.23. The van der Waals surface area contributed by atoms with Crippen molar-refractivity contribution in [1.82, 2.24) is 0 Å². The minimum atomic E-state index is 0.0797. The molecule has 0 aliphatic carbocycles. The van der Waals surface area contributed by atoms with Crippen molar-refractivity contribution in [2.45, 2.75) is 40.2 Å². The molecule has 1 rings (SSSR count). The highest BCUT2D eigenvalue weighted by molar-refractivity contribution is 9.11. The summed E-state index contributed by atoms with van der Waals surface area (Å²) in [6, 6.07) is 6.25. The predicted octanol–water partition coefficient (Wildman–Crippen LogP) is 5.28. The van der Waals surface area contributed by atoms with E-state index in [0.717, 1.165) is 15.4 Å². The van der Waals surface area contributed by atoms with E-state index < -0.39 is 0 Å². The fraction of sp³-hybridized carbons (Fsp3) is 0.571. The first-order chi connectivity index (χ1) is 7.71. The SMILES string of the molecule is CC(CC(N)c1cc(Br)ccc1Br)C(C)(C)C. The van der Waals surface area contributed by atoms with E-state index in [4.69, 9.17) is 5.73 Å². The van der Waals surface area contributed by atoms with Gasteiger partial charge >= 0.3 is 0 Å². The minimum Gasteiger partial charge on any atom is -0.324 e. The van der Waals surface area contributed by atoms with E-state index in [9.17, 15) is 0 Å². The molecule has 2 N–H and O–H groups in total. The van der Waals surface area contributed by atoms with E-state index in [1.165, 1.54) is 5.56 Å². The van der Waals surface area contributed by atoms with Gasteiger partial charge in [-0.25, -0.2) is 0 Å². The fourth-order valence-electron chi connectivity index (χ4n) is 1.66. The summed E-state index contributed by atoms with van der Waals surface area (Å²) in [5.41, 5.74) is 7.79. The molecule has 0 aromatic heterocycles. The van der Waals surface area contributed by atoms with Crippen LogP contribution in [0.2, 0.25) is 0 Å². The number of benzene rings is 1. The molecule has 1 aromatic carbocycles. The lowest BCUT2D eigenvalue weighted by molar-refractivity contribution is 0.233. The Hall–Kier alpha value is 0.140. The Balaban J connectivity index is 2.83. The van der Waals surface area contributed by atoms with E-state index >= 15 is 0 Å². The lowest BCUT2D eigenvalue weighted by atomic mass is 9.78. The molecule has 0 bridgehead atoms. The van der Waals surface area contributed by atoms with Crippen LogP contribution in [-0.2, 0) is 0 Å². The molecule has 1 nitrogen and oxygen atoms in total. The molecule has 0 heterocycles. The topological polar surface area (TPSA) is 26.0 Å². The van der Waals surface area contributed by atoms with Crippen LogP contribution < -0.4 is 5.73 Å². The average molecular weight is 363 g/mol. The first-order valence-electron chi connectivity index (χ1n) is 5.92. The Morgan fingerprint density at radius 2 is 1.82 bits per heavy atom. The van der Waals surface area contributed by atoms with Gasteiger partial charge in [-0.3, -0.25) is 0 Å². The van der Waals surface area contributed by atoms with Gasteiger partial charge in [-0.1, -0.05) is 59.6 Å². The van der Waals surface area contributed by atoms with Crippen molar-refractivity contribution >= 4 is 31.9 Å². The van der Waals surface area contributed by atoms with Crippen molar-refractivity contribution in [1.29, 1.82) is 0 Å². The molecule has 1 aromatic rings. The van der Waals surface area contributed by atoms with Crippen molar-refractivity contribution in [3.8, 4) is 0 Å². The zero-order valence-corrected chi connectivity index (χ0v) is 14.1. The fourth-order valence-corrected chi connectivity index (χ4v) is 2.58. The molecule has 3 heteroatoms. The Morgan fingerprint density at radius 3 is 2.35 bits per heavy atom. The summed E-state index contributed by atoms with van der Waals surface area (Å²) in [6.07, 6.45) is 0.999. The van der Waals surface area contributed by atoms with Crippen LogP contribution in [-0.4, -0.2) is 0 Å². The van der Waals surface area contributed by atoms with E-state index in [-0.39, 0.29) is 6.04 Å². The number of hydrogen-bond acceptors (Lipinski definition) is 1. The molecule has 2 unspecified atom stereocenters. The second-order valence-electron chi connectivity index (χ2n) is 5.78. The van der Waals surface area contributed by atoms with E-state index in [0.29, 0.717) is 11.3 Å². The van der Waals surface area contributed by atoms with Gasteiger partial charge in [0.15, 0.2) is 0 Å². The monoisotopic (exact) mass is 361 g/mol. The predicted molar refractivity (Wildman–Crippen MR) is 82.0 cm³/mol. The van der Waals surface area contributed by atoms with Gasteiger partial charge in [0.25, 0.3) is 0 Å². The maximum absolute atomic E-state index is 6.31. The van der Waals surface area contributed by atoms with Crippen LogP contribution in [0.4, 0.5) is 0 Å². The summed E-state index contributed by atoms with van der Waals surface area (Å²) in [5, 5.41) is 0.